The molecule has 1 saturated carbocycles. The van der Waals surface area contributed by atoms with E-state index in [0.29, 0.717) is 5.92 Å². The maximum absolute atomic E-state index is 9.78. The predicted molar refractivity (Wildman–Crippen MR) is 52.0 cm³/mol. The second-order valence-electron chi connectivity index (χ2n) is 4.34. The average molecular weight is 170 g/mol. The zero-order valence-corrected chi connectivity index (χ0v) is 8.59. The van der Waals surface area contributed by atoms with E-state index in [0.717, 1.165) is 18.3 Å². The zero-order chi connectivity index (χ0) is 9.14. The molecule has 0 aliphatic heterocycles. The summed E-state index contributed by atoms with van der Waals surface area (Å²) in [6.45, 7) is 6.68. The molecule has 0 aromatic heterocycles. The van der Waals surface area contributed by atoms with Gasteiger partial charge in [-0.2, -0.15) is 0 Å². The molecule has 1 N–H and O–H groups in total. The van der Waals surface area contributed by atoms with Gasteiger partial charge in [0.15, 0.2) is 0 Å². The number of hydrogen-bond acceptors (Lipinski definition) is 1. The topological polar surface area (TPSA) is 20.2 Å². The molecule has 1 fully saturated rings. The second-order valence-corrected chi connectivity index (χ2v) is 4.34. The van der Waals surface area contributed by atoms with Crippen LogP contribution in [0.25, 0.3) is 0 Å². The van der Waals surface area contributed by atoms with Gasteiger partial charge < -0.3 is 5.11 Å². The summed E-state index contributed by atoms with van der Waals surface area (Å²) in [4.78, 5) is 0. The van der Waals surface area contributed by atoms with Crippen LogP contribution in [0.3, 0.4) is 0 Å². The Morgan fingerprint density at radius 3 is 2.33 bits per heavy atom. The van der Waals surface area contributed by atoms with Gasteiger partial charge in [0, 0.05) is 0 Å². The van der Waals surface area contributed by atoms with E-state index in [-0.39, 0.29) is 6.10 Å². The summed E-state index contributed by atoms with van der Waals surface area (Å²) in [6, 6.07) is 0. The lowest BCUT2D eigenvalue weighted by Crippen LogP contribution is -2.34. The Hall–Kier alpha value is -0.0400. The second kappa shape index (κ2) is 4.27. The first-order valence-electron chi connectivity index (χ1n) is 5.37. The van der Waals surface area contributed by atoms with Gasteiger partial charge in [-0.3, -0.25) is 0 Å². The van der Waals surface area contributed by atoms with Gasteiger partial charge in [-0.05, 0) is 30.6 Å². The van der Waals surface area contributed by atoms with Gasteiger partial charge in [-0.1, -0.05) is 33.6 Å². The van der Waals surface area contributed by atoms with Crippen molar-refractivity contribution in [1.82, 2.24) is 0 Å². The molecule has 0 heterocycles. The summed E-state index contributed by atoms with van der Waals surface area (Å²) in [5.74, 6) is 2.07. The molecule has 1 aliphatic rings. The van der Waals surface area contributed by atoms with Crippen LogP contribution in [0.5, 0.6) is 0 Å². The lowest BCUT2D eigenvalue weighted by Gasteiger charge is -2.37. The van der Waals surface area contributed by atoms with E-state index in [4.69, 9.17) is 0 Å². The van der Waals surface area contributed by atoms with Crippen LogP contribution in [0, 0.1) is 17.8 Å². The lowest BCUT2D eigenvalue weighted by molar-refractivity contribution is 0.0134. The molecule has 0 aromatic rings. The minimum Gasteiger partial charge on any atom is -0.393 e. The predicted octanol–water partition coefficient (Wildman–Crippen LogP) is 2.83. The lowest BCUT2D eigenvalue weighted by atomic mass is 9.71. The smallest absolute Gasteiger partial charge is 0.0571 e. The molecule has 0 amide bonds. The zero-order valence-electron chi connectivity index (χ0n) is 8.59. The molecule has 0 spiro atoms. The summed E-state index contributed by atoms with van der Waals surface area (Å²) >= 11 is 0. The van der Waals surface area contributed by atoms with Gasteiger partial charge in [0.1, 0.15) is 0 Å². The molecule has 1 heteroatoms. The van der Waals surface area contributed by atoms with E-state index in [9.17, 15) is 5.11 Å². The van der Waals surface area contributed by atoms with E-state index in [2.05, 4.69) is 20.8 Å². The maximum atomic E-state index is 9.78. The van der Waals surface area contributed by atoms with Crippen LogP contribution in [0.1, 0.15) is 46.5 Å². The Morgan fingerprint density at radius 2 is 1.83 bits per heavy atom. The van der Waals surface area contributed by atoms with Crippen LogP contribution >= 0.6 is 0 Å². The third-order valence-electron chi connectivity index (χ3n) is 3.66. The highest BCUT2D eigenvalue weighted by Gasteiger charge is 2.31. The molecular weight excluding hydrogens is 148 g/mol. The maximum Gasteiger partial charge on any atom is 0.0571 e. The van der Waals surface area contributed by atoms with Crippen LogP contribution in [0.2, 0.25) is 0 Å². The highest BCUT2D eigenvalue weighted by molar-refractivity contribution is 4.82. The van der Waals surface area contributed by atoms with Crippen molar-refractivity contribution < 1.29 is 5.11 Å². The molecule has 1 rings (SSSR count). The fourth-order valence-electron chi connectivity index (χ4n) is 2.48. The van der Waals surface area contributed by atoms with E-state index < -0.39 is 0 Å². The van der Waals surface area contributed by atoms with E-state index in [1.54, 1.807) is 0 Å². The molecule has 12 heavy (non-hydrogen) atoms. The standard InChI is InChI=1S/C11H22O/c1-4-9-6-10(5-2)8(3)11(12)7-9/h8-12H,4-7H2,1-3H3. The summed E-state index contributed by atoms with van der Waals surface area (Å²) < 4.78 is 0. The van der Waals surface area contributed by atoms with Crippen molar-refractivity contribution in [2.24, 2.45) is 17.8 Å². The summed E-state index contributed by atoms with van der Waals surface area (Å²) in [5.41, 5.74) is 0. The van der Waals surface area contributed by atoms with Gasteiger partial charge in [0.05, 0.1) is 6.10 Å². The number of aliphatic hydroxyl groups excluding tert-OH is 1. The van der Waals surface area contributed by atoms with Crippen LogP contribution in [-0.4, -0.2) is 11.2 Å². The number of rotatable bonds is 2. The minimum absolute atomic E-state index is 0.0337. The first-order valence-corrected chi connectivity index (χ1v) is 5.37. The molecule has 0 radical (unpaired) electrons. The van der Waals surface area contributed by atoms with Gasteiger partial charge >= 0.3 is 0 Å². The van der Waals surface area contributed by atoms with Crippen molar-refractivity contribution in [3.8, 4) is 0 Å². The van der Waals surface area contributed by atoms with Gasteiger partial charge in [0.2, 0.25) is 0 Å². The molecule has 72 valence electrons. The quantitative estimate of drug-likeness (QED) is 0.675. The van der Waals surface area contributed by atoms with Gasteiger partial charge in [0.25, 0.3) is 0 Å². The Morgan fingerprint density at radius 1 is 1.17 bits per heavy atom. The van der Waals surface area contributed by atoms with Crippen molar-refractivity contribution in [3.63, 3.8) is 0 Å². The van der Waals surface area contributed by atoms with Crippen molar-refractivity contribution in [3.05, 3.63) is 0 Å². The minimum atomic E-state index is -0.0337. The third kappa shape index (κ3) is 2.01. The molecule has 4 atom stereocenters. The first-order chi connectivity index (χ1) is 5.69. The summed E-state index contributed by atoms with van der Waals surface area (Å²) in [5, 5.41) is 9.78. The highest BCUT2D eigenvalue weighted by atomic mass is 16.3. The SMILES string of the molecule is CCC1CC(O)C(C)C(CC)C1. The van der Waals surface area contributed by atoms with E-state index >= 15 is 0 Å². The van der Waals surface area contributed by atoms with Crippen LogP contribution < -0.4 is 0 Å². The van der Waals surface area contributed by atoms with E-state index in [1.807, 2.05) is 0 Å². The summed E-state index contributed by atoms with van der Waals surface area (Å²) in [6.07, 6.45) is 4.81. The molecule has 4 unspecified atom stereocenters. The van der Waals surface area contributed by atoms with Crippen molar-refractivity contribution in [2.75, 3.05) is 0 Å². The highest BCUT2D eigenvalue weighted by Crippen LogP contribution is 2.36. The van der Waals surface area contributed by atoms with Gasteiger partial charge in [-0.25, -0.2) is 0 Å². The molecule has 1 nitrogen and oxygen atoms in total. The third-order valence-corrected chi connectivity index (χ3v) is 3.66. The molecule has 1 aliphatic carbocycles. The molecule has 0 saturated heterocycles. The van der Waals surface area contributed by atoms with E-state index in [1.165, 1.54) is 19.3 Å². The van der Waals surface area contributed by atoms with Crippen LogP contribution in [-0.2, 0) is 0 Å². The molecule has 0 bridgehead atoms. The molecule has 0 aromatic carbocycles. The average Bonchev–Trinajstić information content (AvgIpc) is 2.09. The largest absolute Gasteiger partial charge is 0.393 e. The summed E-state index contributed by atoms with van der Waals surface area (Å²) in [7, 11) is 0. The number of hydrogen-bond donors (Lipinski definition) is 1. The van der Waals surface area contributed by atoms with Gasteiger partial charge in [-0.15, -0.1) is 0 Å². The first kappa shape index (κ1) is 10.0. The fraction of sp³-hybridized carbons (Fsp3) is 1.00. The Balaban J connectivity index is 2.52. The van der Waals surface area contributed by atoms with Crippen molar-refractivity contribution in [1.29, 1.82) is 0 Å². The monoisotopic (exact) mass is 170 g/mol. The van der Waals surface area contributed by atoms with Crippen molar-refractivity contribution in [2.45, 2.75) is 52.6 Å². The van der Waals surface area contributed by atoms with Crippen LogP contribution in [0.4, 0.5) is 0 Å². The Bertz CT molecular complexity index is 133. The molecular formula is C11H22O. The van der Waals surface area contributed by atoms with Crippen molar-refractivity contribution >= 4 is 0 Å². The Kier molecular flexibility index (Phi) is 3.57. The Labute approximate surface area is 76.2 Å². The fourth-order valence-corrected chi connectivity index (χ4v) is 2.48. The normalized spacial score (nSPS) is 43.0. The van der Waals surface area contributed by atoms with Crippen LogP contribution in [0.15, 0.2) is 0 Å². The number of aliphatic hydroxyl groups is 1.